The molecule has 0 aromatic heterocycles. The van der Waals surface area contributed by atoms with E-state index in [4.69, 9.17) is 5.73 Å². The monoisotopic (exact) mass is 256 g/mol. The van der Waals surface area contributed by atoms with Crippen molar-refractivity contribution in [2.75, 3.05) is 19.6 Å². The smallest absolute Gasteiger partial charge is 0.0555 e. The summed E-state index contributed by atoms with van der Waals surface area (Å²) in [4.78, 5) is 2.58. The van der Waals surface area contributed by atoms with Gasteiger partial charge in [-0.05, 0) is 43.0 Å². The van der Waals surface area contributed by atoms with Crippen molar-refractivity contribution < 1.29 is 0 Å². The second kappa shape index (κ2) is 7.33. The number of hydrogen-bond acceptors (Lipinski definition) is 2. The van der Waals surface area contributed by atoms with Gasteiger partial charge in [0.05, 0.1) is 6.54 Å². The van der Waals surface area contributed by atoms with E-state index in [-0.39, 0.29) is 0 Å². The lowest BCUT2D eigenvalue weighted by Crippen LogP contribution is -2.34. The highest BCUT2D eigenvalue weighted by atomic mass is 15.1. The molecule has 2 nitrogen and oxygen atoms in total. The first-order valence-electron chi connectivity index (χ1n) is 7.32. The summed E-state index contributed by atoms with van der Waals surface area (Å²) in [5.41, 5.74) is 7.85. The molecule has 1 aliphatic heterocycles. The van der Waals surface area contributed by atoms with Gasteiger partial charge in [0.25, 0.3) is 0 Å². The lowest BCUT2D eigenvalue weighted by atomic mass is 9.95. The minimum absolute atomic E-state index is 0.425. The van der Waals surface area contributed by atoms with Gasteiger partial charge in [-0.1, -0.05) is 37.3 Å². The second-order valence-corrected chi connectivity index (χ2v) is 5.36. The number of nitrogens with two attached hydrogens (primary N) is 1. The maximum Gasteiger partial charge on any atom is 0.0555 e. The zero-order chi connectivity index (χ0) is 13.5. The maximum atomic E-state index is 5.41. The van der Waals surface area contributed by atoms with E-state index in [0.717, 1.165) is 18.0 Å². The predicted molar refractivity (Wildman–Crippen MR) is 80.7 cm³/mol. The van der Waals surface area contributed by atoms with Crippen LogP contribution in [0, 0.1) is 17.8 Å². The van der Waals surface area contributed by atoms with Gasteiger partial charge in [-0.2, -0.15) is 0 Å². The third-order valence-electron chi connectivity index (χ3n) is 3.85. The molecule has 1 aromatic rings. The van der Waals surface area contributed by atoms with Gasteiger partial charge in [0.15, 0.2) is 0 Å². The second-order valence-electron chi connectivity index (χ2n) is 5.36. The molecule has 0 bridgehead atoms. The summed E-state index contributed by atoms with van der Waals surface area (Å²) in [6, 6.07) is 8.54. The standard InChI is InChI=1S/C17H24N2/c1-2-15-9-5-11-19(13-15)14-17-7-3-6-16(12-17)8-4-10-18/h3,6-7,12,15H,2,5,9-11,13-14,18H2,1H3. The first kappa shape index (κ1) is 14.1. The molecule has 0 amide bonds. The lowest BCUT2D eigenvalue weighted by Gasteiger charge is -2.32. The molecule has 0 spiro atoms. The average molecular weight is 256 g/mol. The van der Waals surface area contributed by atoms with Crippen molar-refractivity contribution in [2.45, 2.75) is 32.7 Å². The number of piperidine rings is 1. The minimum atomic E-state index is 0.425. The molecule has 2 rings (SSSR count). The molecule has 2 N–H and O–H groups in total. The Kier molecular flexibility index (Phi) is 5.44. The largest absolute Gasteiger partial charge is 0.320 e. The van der Waals surface area contributed by atoms with E-state index in [2.05, 4.69) is 47.9 Å². The average Bonchev–Trinajstić information content (AvgIpc) is 2.46. The molecule has 1 atom stereocenters. The molecule has 1 unspecified atom stereocenters. The molecular formula is C17H24N2. The molecule has 0 saturated carbocycles. The highest BCUT2D eigenvalue weighted by Gasteiger charge is 2.18. The zero-order valence-electron chi connectivity index (χ0n) is 11.9. The predicted octanol–water partition coefficient (Wildman–Crippen LogP) is 2.62. The van der Waals surface area contributed by atoms with E-state index >= 15 is 0 Å². The van der Waals surface area contributed by atoms with Gasteiger partial charge in [-0.3, -0.25) is 4.90 Å². The van der Waals surface area contributed by atoms with Crippen LogP contribution in [0.15, 0.2) is 24.3 Å². The van der Waals surface area contributed by atoms with E-state index in [0.29, 0.717) is 6.54 Å². The van der Waals surface area contributed by atoms with Gasteiger partial charge in [0, 0.05) is 18.7 Å². The number of likely N-dealkylation sites (tertiary alicyclic amines) is 1. The molecule has 1 aliphatic rings. The Morgan fingerprint density at radius 3 is 3.11 bits per heavy atom. The summed E-state index contributed by atoms with van der Waals surface area (Å²) in [6.45, 7) is 6.25. The van der Waals surface area contributed by atoms with Crippen molar-refractivity contribution in [1.82, 2.24) is 4.90 Å². The topological polar surface area (TPSA) is 29.3 Å². The van der Waals surface area contributed by atoms with Crippen LogP contribution in [0.4, 0.5) is 0 Å². The van der Waals surface area contributed by atoms with E-state index in [1.54, 1.807) is 0 Å². The summed E-state index contributed by atoms with van der Waals surface area (Å²) >= 11 is 0. The van der Waals surface area contributed by atoms with Crippen molar-refractivity contribution in [1.29, 1.82) is 0 Å². The molecule has 2 heteroatoms. The maximum absolute atomic E-state index is 5.41. The fourth-order valence-corrected chi connectivity index (χ4v) is 2.79. The Balaban J connectivity index is 1.98. The third-order valence-corrected chi connectivity index (χ3v) is 3.85. The van der Waals surface area contributed by atoms with Crippen molar-refractivity contribution >= 4 is 0 Å². The lowest BCUT2D eigenvalue weighted by molar-refractivity contribution is 0.165. The summed E-state index contributed by atoms with van der Waals surface area (Å²) in [7, 11) is 0. The molecule has 0 aliphatic carbocycles. The van der Waals surface area contributed by atoms with Crippen LogP contribution in [0.2, 0.25) is 0 Å². The van der Waals surface area contributed by atoms with Crippen LogP contribution in [0.25, 0.3) is 0 Å². The summed E-state index contributed by atoms with van der Waals surface area (Å²) in [6.07, 6.45) is 4.04. The number of hydrogen-bond donors (Lipinski definition) is 1. The molecule has 19 heavy (non-hydrogen) atoms. The first-order chi connectivity index (χ1) is 9.31. The van der Waals surface area contributed by atoms with Crippen molar-refractivity contribution in [2.24, 2.45) is 11.7 Å². The Morgan fingerprint density at radius 1 is 1.42 bits per heavy atom. The number of nitrogens with zero attached hydrogens (tertiary/aromatic N) is 1. The molecule has 1 heterocycles. The SMILES string of the molecule is CCC1CCCN(Cc2cccc(C#CCN)c2)C1. The molecule has 0 radical (unpaired) electrons. The Labute approximate surface area is 117 Å². The molecule has 1 aromatic carbocycles. The van der Waals surface area contributed by atoms with Gasteiger partial charge in [-0.15, -0.1) is 0 Å². The minimum Gasteiger partial charge on any atom is -0.320 e. The van der Waals surface area contributed by atoms with E-state index in [9.17, 15) is 0 Å². The Morgan fingerprint density at radius 2 is 2.32 bits per heavy atom. The third kappa shape index (κ3) is 4.38. The quantitative estimate of drug-likeness (QED) is 0.842. The summed E-state index contributed by atoms with van der Waals surface area (Å²) in [5.74, 6) is 6.91. The fraction of sp³-hybridized carbons (Fsp3) is 0.529. The number of benzene rings is 1. The normalized spacial score (nSPS) is 19.8. The molecule has 102 valence electrons. The van der Waals surface area contributed by atoms with Crippen LogP contribution in [0.5, 0.6) is 0 Å². The van der Waals surface area contributed by atoms with Crippen LogP contribution in [0.1, 0.15) is 37.3 Å². The highest BCUT2D eigenvalue weighted by molar-refractivity contribution is 5.37. The highest BCUT2D eigenvalue weighted by Crippen LogP contribution is 2.20. The van der Waals surface area contributed by atoms with Crippen molar-refractivity contribution in [3.8, 4) is 11.8 Å². The van der Waals surface area contributed by atoms with Crippen LogP contribution in [0.3, 0.4) is 0 Å². The molecule has 1 fully saturated rings. The van der Waals surface area contributed by atoms with Crippen molar-refractivity contribution in [3.63, 3.8) is 0 Å². The Hall–Kier alpha value is -1.30. The van der Waals surface area contributed by atoms with Gasteiger partial charge in [0.2, 0.25) is 0 Å². The fourth-order valence-electron chi connectivity index (χ4n) is 2.79. The summed E-state index contributed by atoms with van der Waals surface area (Å²) < 4.78 is 0. The van der Waals surface area contributed by atoms with Gasteiger partial charge in [-0.25, -0.2) is 0 Å². The van der Waals surface area contributed by atoms with E-state index in [1.165, 1.54) is 37.9 Å². The van der Waals surface area contributed by atoms with Crippen LogP contribution in [-0.2, 0) is 6.54 Å². The molecule has 1 saturated heterocycles. The van der Waals surface area contributed by atoms with Crippen LogP contribution in [-0.4, -0.2) is 24.5 Å². The molecular weight excluding hydrogens is 232 g/mol. The first-order valence-corrected chi connectivity index (χ1v) is 7.32. The van der Waals surface area contributed by atoms with E-state index in [1.807, 2.05) is 0 Å². The van der Waals surface area contributed by atoms with E-state index < -0.39 is 0 Å². The van der Waals surface area contributed by atoms with Gasteiger partial charge >= 0.3 is 0 Å². The van der Waals surface area contributed by atoms with Crippen LogP contribution < -0.4 is 5.73 Å². The Bertz CT molecular complexity index is 456. The van der Waals surface area contributed by atoms with Crippen LogP contribution >= 0.6 is 0 Å². The number of rotatable bonds is 3. The summed E-state index contributed by atoms with van der Waals surface area (Å²) in [5, 5.41) is 0. The zero-order valence-corrected chi connectivity index (χ0v) is 11.9. The van der Waals surface area contributed by atoms with Gasteiger partial charge < -0.3 is 5.73 Å². The van der Waals surface area contributed by atoms with Gasteiger partial charge in [0.1, 0.15) is 0 Å². The van der Waals surface area contributed by atoms with Crippen molar-refractivity contribution in [3.05, 3.63) is 35.4 Å².